The Hall–Kier alpha value is -3.32. The van der Waals surface area contributed by atoms with Crippen LogP contribution in [0.4, 0.5) is 0 Å². The van der Waals surface area contributed by atoms with Crippen molar-refractivity contribution in [3.63, 3.8) is 0 Å². The molecule has 0 radical (unpaired) electrons. The zero-order valence-corrected chi connectivity index (χ0v) is 19.8. The number of hydrogen-bond donors (Lipinski definition) is 1. The van der Waals surface area contributed by atoms with Gasteiger partial charge in [0.2, 0.25) is 0 Å². The van der Waals surface area contributed by atoms with Crippen LogP contribution >= 0.6 is 15.9 Å². The van der Waals surface area contributed by atoms with E-state index in [0.29, 0.717) is 23.9 Å². The zero-order valence-electron chi connectivity index (χ0n) is 18.2. The third-order valence-corrected chi connectivity index (χ3v) is 5.16. The lowest BCUT2D eigenvalue weighted by atomic mass is 10.1. The monoisotopic (exact) mass is 496 g/mol. The minimum Gasteiger partial charge on any atom is -0.493 e. The number of amides is 1. The maximum Gasteiger partial charge on any atom is 0.280 e. The topological polar surface area (TPSA) is 69.2 Å². The van der Waals surface area contributed by atoms with E-state index < -0.39 is 6.10 Å². The number of methoxy groups -OCH3 is 1. The van der Waals surface area contributed by atoms with Crippen LogP contribution in [0.2, 0.25) is 0 Å². The van der Waals surface area contributed by atoms with Gasteiger partial charge in [0.05, 0.1) is 24.4 Å². The van der Waals surface area contributed by atoms with Crippen LogP contribution in [0, 0.1) is 0 Å². The molecule has 0 fully saturated rings. The summed E-state index contributed by atoms with van der Waals surface area (Å²) in [6.07, 6.45) is 0.818. The molecule has 0 saturated heterocycles. The standard InChI is InChI=1S/C25H25BrN2O4/c1-4-31-24-22(26)14-18(15-23(24)30-3)16-27-28-25(29)17(2)32-21-12-10-20(11-13-21)19-8-6-5-7-9-19/h5-17H,4H2,1-3H3,(H,28,29)/t17-/m1/s1. The Morgan fingerprint density at radius 2 is 1.78 bits per heavy atom. The van der Waals surface area contributed by atoms with E-state index >= 15 is 0 Å². The molecule has 1 atom stereocenters. The van der Waals surface area contributed by atoms with Gasteiger partial charge in [0, 0.05) is 0 Å². The molecule has 0 saturated carbocycles. The smallest absolute Gasteiger partial charge is 0.280 e. The normalized spacial score (nSPS) is 11.8. The first-order valence-corrected chi connectivity index (χ1v) is 11.0. The van der Waals surface area contributed by atoms with Crippen LogP contribution in [0.15, 0.2) is 76.3 Å². The molecule has 166 valence electrons. The molecule has 0 heterocycles. The van der Waals surface area contributed by atoms with Crippen molar-refractivity contribution in [2.45, 2.75) is 20.0 Å². The highest BCUT2D eigenvalue weighted by atomic mass is 79.9. The third-order valence-electron chi connectivity index (χ3n) is 4.57. The van der Waals surface area contributed by atoms with Gasteiger partial charge in [-0.1, -0.05) is 42.5 Å². The number of hydrazone groups is 1. The highest BCUT2D eigenvalue weighted by Gasteiger charge is 2.14. The van der Waals surface area contributed by atoms with Gasteiger partial charge in [-0.15, -0.1) is 0 Å². The van der Waals surface area contributed by atoms with Gasteiger partial charge in [0.15, 0.2) is 17.6 Å². The van der Waals surface area contributed by atoms with Gasteiger partial charge >= 0.3 is 0 Å². The highest BCUT2D eigenvalue weighted by Crippen LogP contribution is 2.36. The first kappa shape index (κ1) is 23.3. The van der Waals surface area contributed by atoms with E-state index in [0.717, 1.165) is 21.2 Å². The number of ether oxygens (including phenoxy) is 3. The number of halogens is 1. The molecule has 3 aromatic carbocycles. The first-order valence-electron chi connectivity index (χ1n) is 10.2. The molecular weight excluding hydrogens is 472 g/mol. The number of benzene rings is 3. The second-order valence-corrected chi connectivity index (χ2v) is 7.71. The maximum absolute atomic E-state index is 12.4. The van der Waals surface area contributed by atoms with Crippen LogP contribution in [-0.4, -0.2) is 31.9 Å². The molecule has 32 heavy (non-hydrogen) atoms. The predicted octanol–water partition coefficient (Wildman–Crippen LogP) is 5.44. The Labute approximate surface area is 196 Å². The minimum atomic E-state index is -0.712. The van der Waals surface area contributed by atoms with E-state index in [2.05, 4.69) is 26.5 Å². The number of carbonyl (C=O) groups is 1. The van der Waals surface area contributed by atoms with Crippen LogP contribution in [0.5, 0.6) is 17.2 Å². The van der Waals surface area contributed by atoms with Crippen molar-refractivity contribution in [3.8, 4) is 28.4 Å². The second-order valence-electron chi connectivity index (χ2n) is 6.85. The van der Waals surface area contributed by atoms with Gasteiger partial charge in [0.25, 0.3) is 5.91 Å². The lowest BCUT2D eigenvalue weighted by Gasteiger charge is -2.13. The summed E-state index contributed by atoms with van der Waals surface area (Å²) >= 11 is 3.47. The predicted molar refractivity (Wildman–Crippen MR) is 130 cm³/mol. The molecule has 0 spiro atoms. The van der Waals surface area contributed by atoms with Crippen LogP contribution < -0.4 is 19.6 Å². The summed E-state index contributed by atoms with van der Waals surface area (Å²) in [4.78, 5) is 12.4. The molecule has 6 nitrogen and oxygen atoms in total. The quantitative estimate of drug-likeness (QED) is 0.316. The number of carbonyl (C=O) groups excluding carboxylic acids is 1. The Morgan fingerprint density at radius 3 is 2.44 bits per heavy atom. The summed E-state index contributed by atoms with van der Waals surface area (Å²) in [5, 5.41) is 4.03. The molecule has 0 aliphatic rings. The molecular formula is C25H25BrN2O4. The van der Waals surface area contributed by atoms with E-state index in [4.69, 9.17) is 14.2 Å². The Balaban J connectivity index is 1.58. The fourth-order valence-electron chi connectivity index (χ4n) is 2.97. The van der Waals surface area contributed by atoms with Crippen LogP contribution in [-0.2, 0) is 4.79 Å². The van der Waals surface area contributed by atoms with Crippen molar-refractivity contribution in [2.24, 2.45) is 5.10 Å². The van der Waals surface area contributed by atoms with Gasteiger partial charge in [-0.25, -0.2) is 5.43 Å². The van der Waals surface area contributed by atoms with Crippen molar-refractivity contribution >= 4 is 28.1 Å². The maximum atomic E-state index is 12.4. The van der Waals surface area contributed by atoms with Gasteiger partial charge in [-0.3, -0.25) is 4.79 Å². The third kappa shape index (κ3) is 6.11. The summed E-state index contributed by atoms with van der Waals surface area (Å²) in [7, 11) is 1.57. The first-order chi connectivity index (χ1) is 15.5. The average Bonchev–Trinajstić information content (AvgIpc) is 2.81. The van der Waals surface area contributed by atoms with E-state index in [-0.39, 0.29) is 5.91 Å². The van der Waals surface area contributed by atoms with Crippen LogP contribution in [0.1, 0.15) is 19.4 Å². The van der Waals surface area contributed by atoms with Crippen molar-refractivity contribution in [1.82, 2.24) is 5.43 Å². The number of hydrogen-bond acceptors (Lipinski definition) is 5. The summed E-state index contributed by atoms with van der Waals surface area (Å²) in [5.41, 5.74) is 5.44. The molecule has 0 unspecified atom stereocenters. The molecule has 3 aromatic rings. The minimum absolute atomic E-state index is 0.356. The molecule has 7 heteroatoms. The Bertz CT molecular complexity index is 1070. The van der Waals surface area contributed by atoms with Crippen molar-refractivity contribution in [1.29, 1.82) is 0 Å². The average molecular weight is 497 g/mol. The highest BCUT2D eigenvalue weighted by molar-refractivity contribution is 9.10. The summed E-state index contributed by atoms with van der Waals surface area (Å²) in [5.74, 6) is 1.45. The van der Waals surface area contributed by atoms with Crippen LogP contribution in [0.3, 0.4) is 0 Å². The molecule has 0 aromatic heterocycles. The number of nitrogens with one attached hydrogen (secondary N) is 1. The van der Waals surface area contributed by atoms with E-state index in [1.807, 2.05) is 67.6 Å². The van der Waals surface area contributed by atoms with Crippen LogP contribution in [0.25, 0.3) is 11.1 Å². The molecule has 3 rings (SSSR count). The van der Waals surface area contributed by atoms with Gasteiger partial charge in [-0.05, 0) is 70.7 Å². The van der Waals surface area contributed by atoms with E-state index in [9.17, 15) is 4.79 Å². The molecule has 0 bridgehead atoms. The Kier molecular flexibility index (Phi) is 8.27. The summed E-state index contributed by atoms with van der Waals surface area (Å²) in [6, 6.07) is 21.3. The van der Waals surface area contributed by atoms with Crippen molar-refractivity contribution in [2.75, 3.05) is 13.7 Å². The molecule has 0 aliphatic carbocycles. The van der Waals surface area contributed by atoms with Crippen molar-refractivity contribution < 1.29 is 19.0 Å². The molecule has 1 N–H and O–H groups in total. The fourth-order valence-corrected chi connectivity index (χ4v) is 3.55. The second kappa shape index (κ2) is 11.3. The lowest BCUT2D eigenvalue weighted by Crippen LogP contribution is -2.33. The van der Waals surface area contributed by atoms with Gasteiger partial charge in [0.1, 0.15) is 5.75 Å². The molecule has 1 amide bonds. The molecule has 0 aliphatic heterocycles. The van der Waals surface area contributed by atoms with Gasteiger partial charge in [-0.2, -0.15) is 5.10 Å². The lowest BCUT2D eigenvalue weighted by molar-refractivity contribution is -0.127. The van der Waals surface area contributed by atoms with E-state index in [1.165, 1.54) is 6.21 Å². The van der Waals surface area contributed by atoms with Gasteiger partial charge < -0.3 is 14.2 Å². The SMILES string of the molecule is CCOc1c(Br)cc(C=NNC(=O)[C@@H](C)Oc2ccc(-c3ccccc3)cc2)cc1OC. The summed E-state index contributed by atoms with van der Waals surface area (Å²) in [6.45, 7) is 4.09. The number of rotatable bonds is 9. The zero-order chi connectivity index (χ0) is 22.9. The largest absolute Gasteiger partial charge is 0.493 e. The Morgan fingerprint density at radius 1 is 1.09 bits per heavy atom. The van der Waals surface area contributed by atoms with Crippen molar-refractivity contribution in [3.05, 3.63) is 76.8 Å². The van der Waals surface area contributed by atoms with E-state index in [1.54, 1.807) is 20.1 Å². The number of nitrogens with zero attached hydrogens (tertiary/aromatic N) is 1. The fraction of sp³-hybridized carbons (Fsp3) is 0.200. The summed E-state index contributed by atoms with van der Waals surface area (Å²) < 4.78 is 17.4.